The van der Waals surface area contributed by atoms with Gasteiger partial charge >= 0.3 is 7.82 Å². The van der Waals surface area contributed by atoms with Crippen molar-refractivity contribution in [2.24, 2.45) is 0 Å². The van der Waals surface area contributed by atoms with Crippen molar-refractivity contribution >= 4 is 7.82 Å². The van der Waals surface area contributed by atoms with Gasteiger partial charge in [-0.3, -0.25) is 9.05 Å². The van der Waals surface area contributed by atoms with Crippen LogP contribution >= 0.6 is 7.82 Å². The normalized spacial score (nSPS) is 15.4. The van der Waals surface area contributed by atoms with E-state index in [-0.39, 0.29) is 13.2 Å². The number of phosphoric acid groups is 1. The van der Waals surface area contributed by atoms with Crippen LogP contribution in [0.5, 0.6) is 0 Å². The van der Waals surface area contributed by atoms with Gasteiger partial charge in [-0.25, -0.2) is 4.57 Å². The van der Waals surface area contributed by atoms with Gasteiger partial charge in [-0.05, 0) is 6.42 Å². The molecule has 0 aromatic rings. The van der Waals surface area contributed by atoms with Gasteiger partial charge in [0.2, 0.25) is 0 Å². The van der Waals surface area contributed by atoms with Gasteiger partial charge in [0, 0.05) is 0 Å². The maximum Gasteiger partial charge on any atom is 0.472 e. The van der Waals surface area contributed by atoms with E-state index >= 15 is 0 Å². The molecule has 0 aliphatic rings. The van der Waals surface area contributed by atoms with Crippen molar-refractivity contribution in [1.29, 1.82) is 0 Å². The van der Waals surface area contributed by atoms with Crippen molar-refractivity contribution in [2.45, 2.75) is 103 Å². The lowest BCUT2D eigenvalue weighted by molar-refractivity contribution is -0.870. The highest BCUT2D eigenvalue weighted by atomic mass is 31.2. The third-order valence-corrected chi connectivity index (χ3v) is 6.21. The smallest absolute Gasteiger partial charge is 0.394 e. The molecule has 176 valence electrons. The average molecular weight is 439 g/mol. The first kappa shape index (κ1) is 29.0. The SMILES string of the molecule is CCCCCCCCCCCCCCCC(CO)OP(=O)(O)OCC[N+](C)(C)C. The molecule has 0 aromatic carbocycles. The lowest BCUT2D eigenvalue weighted by atomic mass is 10.0. The first-order chi connectivity index (χ1) is 13.7. The first-order valence-corrected chi connectivity index (χ1v) is 13.3. The summed E-state index contributed by atoms with van der Waals surface area (Å²) >= 11 is 0. The lowest BCUT2D eigenvalue weighted by Gasteiger charge is -2.24. The summed E-state index contributed by atoms with van der Waals surface area (Å²) in [6.45, 7) is 2.75. The molecular weight excluding hydrogens is 389 g/mol. The molecule has 0 spiro atoms. The van der Waals surface area contributed by atoms with E-state index in [2.05, 4.69) is 6.92 Å². The molecule has 0 amide bonds. The number of rotatable bonds is 21. The zero-order chi connectivity index (χ0) is 22.0. The van der Waals surface area contributed by atoms with E-state index in [1.165, 1.54) is 70.6 Å². The Labute approximate surface area is 180 Å². The highest BCUT2D eigenvalue weighted by Crippen LogP contribution is 2.45. The molecule has 2 atom stereocenters. The maximum absolute atomic E-state index is 12.0. The van der Waals surface area contributed by atoms with E-state index in [9.17, 15) is 14.6 Å². The molecule has 0 saturated carbocycles. The molecule has 0 aliphatic carbocycles. The molecule has 6 nitrogen and oxygen atoms in total. The molecule has 0 heterocycles. The third kappa shape index (κ3) is 21.1. The van der Waals surface area contributed by atoms with Crippen LogP contribution < -0.4 is 0 Å². The van der Waals surface area contributed by atoms with Crippen LogP contribution in [0.1, 0.15) is 96.8 Å². The van der Waals surface area contributed by atoms with Crippen LogP contribution in [-0.4, -0.2) is 61.5 Å². The second-order valence-corrected chi connectivity index (χ2v) is 10.7. The predicted molar refractivity (Wildman–Crippen MR) is 121 cm³/mol. The second kappa shape index (κ2) is 17.7. The van der Waals surface area contributed by atoms with Gasteiger partial charge in [0.25, 0.3) is 0 Å². The monoisotopic (exact) mass is 438 g/mol. The van der Waals surface area contributed by atoms with Crippen LogP contribution in [0, 0.1) is 0 Å². The topological polar surface area (TPSA) is 76.0 Å². The number of hydrogen-bond donors (Lipinski definition) is 2. The molecule has 0 fully saturated rings. The number of likely N-dealkylation sites (N-methyl/N-ethyl adjacent to an activating group) is 1. The molecule has 2 unspecified atom stereocenters. The number of phosphoric ester groups is 1. The van der Waals surface area contributed by atoms with Crippen molar-refractivity contribution in [3.63, 3.8) is 0 Å². The van der Waals surface area contributed by atoms with Crippen LogP contribution in [-0.2, 0) is 13.6 Å². The second-order valence-electron chi connectivity index (χ2n) is 9.26. The number of aliphatic hydroxyl groups excluding tert-OH is 1. The van der Waals surface area contributed by atoms with Crippen LogP contribution in [0.2, 0.25) is 0 Å². The summed E-state index contributed by atoms with van der Waals surface area (Å²) in [7, 11) is 1.84. The van der Waals surface area contributed by atoms with Gasteiger partial charge in [0.15, 0.2) is 0 Å². The Balaban J connectivity index is 3.64. The Kier molecular flexibility index (Phi) is 17.7. The van der Waals surface area contributed by atoms with E-state index < -0.39 is 13.9 Å². The molecule has 29 heavy (non-hydrogen) atoms. The maximum atomic E-state index is 12.0. The minimum atomic E-state index is -4.11. The van der Waals surface area contributed by atoms with Crippen LogP contribution in [0.15, 0.2) is 0 Å². The average Bonchev–Trinajstić information content (AvgIpc) is 2.63. The van der Waals surface area contributed by atoms with Gasteiger partial charge in [-0.15, -0.1) is 0 Å². The molecule has 7 heteroatoms. The Morgan fingerprint density at radius 3 is 1.69 bits per heavy atom. The number of unbranched alkanes of at least 4 members (excludes halogenated alkanes) is 12. The van der Waals surface area contributed by atoms with E-state index in [1.54, 1.807) is 0 Å². The fourth-order valence-corrected chi connectivity index (χ4v) is 4.14. The molecule has 0 aromatic heterocycles. The molecule has 0 radical (unpaired) electrons. The van der Waals surface area contributed by atoms with Gasteiger partial charge in [-0.2, -0.15) is 0 Å². The Morgan fingerprint density at radius 2 is 1.28 bits per heavy atom. The predicted octanol–water partition coefficient (Wildman–Crippen LogP) is 5.67. The molecular formula is C22H49NO5P+. The van der Waals surface area contributed by atoms with E-state index in [4.69, 9.17) is 9.05 Å². The zero-order valence-electron chi connectivity index (χ0n) is 19.6. The summed E-state index contributed by atoms with van der Waals surface area (Å²) in [5.74, 6) is 0. The summed E-state index contributed by atoms with van der Waals surface area (Å²) in [6.07, 6.45) is 16.5. The standard InChI is InChI=1S/C22H48NO5P/c1-5-6-7-8-9-10-11-12-13-14-15-16-17-18-22(21-24)28-29(25,26)27-20-19-23(2,3)4/h22,24H,5-21H2,1-4H3/p+1. The Morgan fingerprint density at radius 1 is 0.828 bits per heavy atom. The Bertz CT molecular complexity index is 414. The summed E-state index contributed by atoms with van der Waals surface area (Å²) < 4.78 is 22.8. The Hall–Kier alpha value is 0.0300. The van der Waals surface area contributed by atoms with E-state index in [0.29, 0.717) is 17.4 Å². The van der Waals surface area contributed by atoms with Crippen LogP contribution in [0.25, 0.3) is 0 Å². The summed E-state index contributed by atoms with van der Waals surface area (Å²) in [4.78, 5) is 9.81. The summed E-state index contributed by atoms with van der Waals surface area (Å²) in [5.41, 5.74) is 0. The minimum Gasteiger partial charge on any atom is -0.394 e. The largest absolute Gasteiger partial charge is 0.472 e. The molecule has 0 bridgehead atoms. The summed E-state index contributed by atoms with van der Waals surface area (Å²) in [6, 6.07) is 0. The van der Waals surface area contributed by atoms with Crippen molar-refractivity contribution in [3.8, 4) is 0 Å². The number of quaternary nitrogens is 1. The van der Waals surface area contributed by atoms with Crippen molar-refractivity contribution in [2.75, 3.05) is 40.9 Å². The van der Waals surface area contributed by atoms with Crippen molar-refractivity contribution < 1.29 is 28.1 Å². The zero-order valence-corrected chi connectivity index (χ0v) is 20.5. The van der Waals surface area contributed by atoms with E-state index in [0.717, 1.165) is 12.8 Å². The lowest BCUT2D eigenvalue weighted by Crippen LogP contribution is -2.37. The van der Waals surface area contributed by atoms with Gasteiger partial charge in [0.1, 0.15) is 13.2 Å². The number of nitrogens with zero attached hydrogens (tertiary/aromatic N) is 1. The minimum absolute atomic E-state index is 0.147. The highest BCUT2D eigenvalue weighted by molar-refractivity contribution is 7.47. The van der Waals surface area contributed by atoms with Crippen LogP contribution in [0.3, 0.4) is 0 Å². The number of hydrogen-bond acceptors (Lipinski definition) is 4. The van der Waals surface area contributed by atoms with Crippen molar-refractivity contribution in [3.05, 3.63) is 0 Å². The fourth-order valence-electron chi connectivity index (χ4n) is 3.22. The number of aliphatic hydroxyl groups is 1. The van der Waals surface area contributed by atoms with Gasteiger partial charge in [0.05, 0.1) is 33.9 Å². The van der Waals surface area contributed by atoms with Gasteiger partial charge < -0.3 is 14.5 Å². The molecule has 0 rings (SSSR count). The quantitative estimate of drug-likeness (QED) is 0.137. The van der Waals surface area contributed by atoms with Crippen molar-refractivity contribution in [1.82, 2.24) is 0 Å². The fraction of sp³-hybridized carbons (Fsp3) is 1.00. The first-order valence-electron chi connectivity index (χ1n) is 11.8. The van der Waals surface area contributed by atoms with Crippen LogP contribution in [0.4, 0.5) is 0 Å². The molecule has 0 aliphatic heterocycles. The van der Waals surface area contributed by atoms with Gasteiger partial charge in [-0.1, -0.05) is 90.4 Å². The molecule has 0 saturated heterocycles. The van der Waals surface area contributed by atoms with E-state index in [1.807, 2.05) is 21.1 Å². The summed E-state index contributed by atoms with van der Waals surface area (Å²) in [5, 5.41) is 9.42. The third-order valence-electron chi connectivity index (χ3n) is 5.13. The highest BCUT2D eigenvalue weighted by Gasteiger charge is 2.27. The molecule has 2 N–H and O–H groups in total.